The van der Waals surface area contributed by atoms with Gasteiger partial charge in [0, 0.05) is 36.6 Å². The van der Waals surface area contributed by atoms with E-state index in [4.69, 9.17) is 0 Å². The molecule has 2 aromatic rings. The van der Waals surface area contributed by atoms with E-state index in [1.807, 2.05) is 12.3 Å². The Morgan fingerprint density at radius 3 is 2.58 bits per heavy atom. The molecule has 2 rings (SSSR count). The first-order chi connectivity index (χ1) is 9.15. The van der Waals surface area contributed by atoms with E-state index < -0.39 is 0 Å². The van der Waals surface area contributed by atoms with Crippen molar-refractivity contribution in [2.75, 3.05) is 5.32 Å². The van der Waals surface area contributed by atoms with Gasteiger partial charge in [-0.1, -0.05) is 0 Å². The third-order valence-corrected chi connectivity index (χ3v) is 2.70. The van der Waals surface area contributed by atoms with Crippen molar-refractivity contribution >= 4 is 17.4 Å². The highest BCUT2D eigenvalue weighted by Crippen LogP contribution is 2.10. The summed E-state index contributed by atoms with van der Waals surface area (Å²) in [5, 5.41) is 6.80. The highest BCUT2D eigenvalue weighted by Gasteiger charge is 2.04. The zero-order valence-corrected chi connectivity index (χ0v) is 10.7. The molecule has 1 aromatic heterocycles. The van der Waals surface area contributed by atoms with Gasteiger partial charge in [0.05, 0.1) is 0 Å². The molecule has 1 N–H and O–H groups in total. The lowest BCUT2D eigenvalue weighted by Gasteiger charge is -2.06. The second kappa shape index (κ2) is 5.95. The summed E-state index contributed by atoms with van der Waals surface area (Å²) < 4.78 is 1.71. The maximum Gasteiger partial charge on any atom is 0.226 e. The molecule has 0 radical (unpaired) electrons. The topological polar surface area (TPSA) is 64.0 Å². The van der Waals surface area contributed by atoms with Crippen LogP contribution in [0.4, 0.5) is 5.69 Å². The van der Waals surface area contributed by atoms with Crippen LogP contribution in [0.5, 0.6) is 0 Å². The molecule has 0 unspecified atom stereocenters. The molecule has 0 aliphatic rings. The molecule has 0 aliphatic heterocycles. The summed E-state index contributed by atoms with van der Waals surface area (Å²) in [6, 6.07) is 8.67. The number of anilines is 1. The molecule has 5 heteroatoms. The number of ketones is 1. The van der Waals surface area contributed by atoms with Gasteiger partial charge in [-0.25, -0.2) is 0 Å². The van der Waals surface area contributed by atoms with Crippen molar-refractivity contribution in [3.8, 4) is 0 Å². The number of hydrogen-bond acceptors (Lipinski definition) is 3. The van der Waals surface area contributed by atoms with Gasteiger partial charge in [-0.05, 0) is 37.3 Å². The molecule has 98 valence electrons. The van der Waals surface area contributed by atoms with E-state index in [1.165, 1.54) is 6.92 Å². The third-order valence-electron chi connectivity index (χ3n) is 2.70. The minimum Gasteiger partial charge on any atom is -0.326 e. The van der Waals surface area contributed by atoms with Crippen molar-refractivity contribution in [1.82, 2.24) is 9.78 Å². The van der Waals surface area contributed by atoms with Crippen LogP contribution in [0, 0.1) is 0 Å². The van der Waals surface area contributed by atoms with E-state index in [2.05, 4.69) is 10.4 Å². The van der Waals surface area contributed by atoms with E-state index >= 15 is 0 Å². The van der Waals surface area contributed by atoms with Gasteiger partial charge in [0.2, 0.25) is 5.91 Å². The van der Waals surface area contributed by atoms with Gasteiger partial charge in [0.15, 0.2) is 5.78 Å². The molecular weight excluding hydrogens is 242 g/mol. The number of aryl methyl sites for hydroxylation is 1. The number of nitrogens with zero attached hydrogens (tertiary/aromatic N) is 2. The molecule has 1 aromatic carbocycles. The standard InChI is InChI=1S/C14H15N3O2/c1-11(18)12-3-5-13(6-4-12)16-14(19)7-10-17-9-2-8-15-17/h2-6,8-9H,7,10H2,1H3,(H,16,19). The number of carbonyl (C=O) groups is 2. The van der Waals surface area contributed by atoms with Crippen molar-refractivity contribution in [2.24, 2.45) is 0 Å². The van der Waals surface area contributed by atoms with Gasteiger partial charge >= 0.3 is 0 Å². The van der Waals surface area contributed by atoms with Crippen molar-refractivity contribution < 1.29 is 9.59 Å². The highest BCUT2D eigenvalue weighted by molar-refractivity contribution is 5.95. The lowest BCUT2D eigenvalue weighted by atomic mass is 10.1. The summed E-state index contributed by atoms with van der Waals surface area (Å²) in [6.07, 6.45) is 3.85. The van der Waals surface area contributed by atoms with Crippen molar-refractivity contribution in [3.05, 3.63) is 48.3 Å². The first-order valence-corrected chi connectivity index (χ1v) is 6.03. The molecule has 19 heavy (non-hydrogen) atoms. The molecule has 0 atom stereocenters. The molecule has 5 nitrogen and oxygen atoms in total. The smallest absolute Gasteiger partial charge is 0.226 e. The SMILES string of the molecule is CC(=O)c1ccc(NC(=O)CCn2cccn2)cc1. The lowest BCUT2D eigenvalue weighted by molar-refractivity contribution is -0.116. The highest BCUT2D eigenvalue weighted by atomic mass is 16.1. The number of amides is 1. The molecule has 0 fully saturated rings. The van der Waals surface area contributed by atoms with E-state index in [1.54, 1.807) is 35.1 Å². The van der Waals surface area contributed by atoms with Crippen LogP contribution in [-0.4, -0.2) is 21.5 Å². The average molecular weight is 257 g/mol. The Balaban J connectivity index is 1.86. The van der Waals surface area contributed by atoms with E-state index in [-0.39, 0.29) is 11.7 Å². The molecule has 0 spiro atoms. The molecule has 0 aliphatic carbocycles. The summed E-state index contributed by atoms with van der Waals surface area (Å²) in [6.45, 7) is 2.06. The lowest BCUT2D eigenvalue weighted by Crippen LogP contribution is -2.14. The monoisotopic (exact) mass is 257 g/mol. The Kier molecular flexibility index (Phi) is 4.07. The summed E-state index contributed by atoms with van der Waals surface area (Å²) in [5.41, 5.74) is 1.32. The number of benzene rings is 1. The van der Waals surface area contributed by atoms with Gasteiger partial charge in [0.25, 0.3) is 0 Å². The van der Waals surface area contributed by atoms with Crippen LogP contribution in [0.25, 0.3) is 0 Å². The number of aromatic nitrogens is 2. The van der Waals surface area contributed by atoms with Crippen LogP contribution in [-0.2, 0) is 11.3 Å². The van der Waals surface area contributed by atoms with Gasteiger partial charge in [-0.2, -0.15) is 5.10 Å². The van der Waals surface area contributed by atoms with Crippen molar-refractivity contribution in [2.45, 2.75) is 19.9 Å². The molecule has 0 bridgehead atoms. The minimum atomic E-state index is -0.0777. The zero-order chi connectivity index (χ0) is 13.7. The summed E-state index contributed by atoms with van der Waals surface area (Å²) in [5.74, 6) is -0.0670. The fourth-order valence-electron chi connectivity index (χ4n) is 1.66. The second-order valence-electron chi connectivity index (χ2n) is 4.20. The molecular formula is C14H15N3O2. The molecule has 1 heterocycles. The summed E-state index contributed by atoms with van der Waals surface area (Å²) in [7, 11) is 0. The van der Waals surface area contributed by atoms with Crippen LogP contribution in [0.2, 0.25) is 0 Å². The van der Waals surface area contributed by atoms with Crippen LogP contribution >= 0.6 is 0 Å². The maximum absolute atomic E-state index is 11.7. The Morgan fingerprint density at radius 1 is 1.26 bits per heavy atom. The quantitative estimate of drug-likeness (QED) is 0.834. The first kappa shape index (κ1) is 13.0. The summed E-state index contributed by atoms with van der Waals surface area (Å²) >= 11 is 0. The largest absolute Gasteiger partial charge is 0.326 e. The fraction of sp³-hybridized carbons (Fsp3) is 0.214. The van der Waals surface area contributed by atoms with E-state index in [9.17, 15) is 9.59 Å². The number of hydrogen-bond donors (Lipinski definition) is 1. The first-order valence-electron chi connectivity index (χ1n) is 6.03. The Bertz CT molecular complexity index is 559. The number of Topliss-reactive ketones (excluding diaryl/α,β-unsaturated/α-hetero) is 1. The third kappa shape index (κ3) is 3.77. The Morgan fingerprint density at radius 2 is 2.00 bits per heavy atom. The zero-order valence-electron chi connectivity index (χ0n) is 10.7. The van der Waals surface area contributed by atoms with Crippen molar-refractivity contribution in [1.29, 1.82) is 0 Å². The Labute approximate surface area is 111 Å². The predicted molar refractivity (Wildman–Crippen MR) is 71.9 cm³/mol. The van der Waals surface area contributed by atoms with E-state index in [0.717, 1.165) is 0 Å². The number of carbonyl (C=O) groups excluding carboxylic acids is 2. The van der Waals surface area contributed by atoms with Gasteiger partial charge < -0.3 is 5.32 Å². The van der Waals surface area contributed by atoms with Crippen molar-refractivity contribution in [3.63, 3.8) is 0 Å². The Hall–Kier alpha value is -2.43. The molecule has 0 saturated heterocycles. The average Bonchev–Trinajstić information content (AvgIpc) is 2.90. The molecule has 1 amide bonds. The number of nitrogens with one attached hydrogen (secondary N) is 1. The van der Waals surface area contributed by atoms with Gasteiger partial charge in [-0.15, -0.1) is 0 Å². The van der Waals surface area contributed by atoms with Crippen LogP contribution < -0.4 is 5.32 Å². The predicted octanol–water partition coefficient (Wildman–Crippen LogP) is 2.11. The number of rotatable bonds is 5. The normalized spacial score (nSPS) is 10.2. The minimum absolute atomic E-state index is 0.0107. The molecule has 0 saturated carbocycles. The summed E-state index contributed by atoms with van der Waals surface area (Å²) in [4.78, 5) is 22.8. The van der Waals surface area contributed by atoms with Crippen LogP contribution in [0.15, 0.2) is 42.7 Å². The second-order valence-corrected chi connectivity index (χ2v) is 4.20. The van der Waals surface area contributed by atoms with Crippen LogP contribution in [0.1, 0.15) is 23.7 Å². The van der Waals surface area contributed by atoms with E-state index in [0.29, 0.717) is 24.2 Å². The maximum atomic E-state index is 11.7. The van der Waals surface area contributed by atoms with Crippen LogP contribution in [0.3, 0.4) is 0 Å². The van der Waals surface area contributed by atoms with Gasteiger partial charge in [-0.3, -0.25) is 14.3 Å². The van der Waals surface area contributed by atoms with Gasteiger partial charge in [0.1, 0.15) is 0 Å². The fourth-order valence-corrected chi connectivity index (χ4v) is 1.66.